The van der Waals surface area contributed by atoms with E-state index in [1.807, 2.05) is 0 Å². The average molecular weight is 329 g/mol. The summed E-state index contributed by atoms with van der Waals surface area (Å²) < 4.78 is 43.1. The Bertz CT molecular complexity index is 589. The molecule has 10 heteroatoms. The van der Waals surface area contributed by atoms with E-state index in [0.29, 0.717) is 0 Å². The molecule has 0 rings (SSSR count). The number of carbonyl (C=O) groups excluding carboxylic acids is 1. The molecule has 0 saturated heterocycles. The lowest BCUT2D eigenvalue weighted by Gasteiger charge is -2.24. The van der Waals surface area contributed by atoms with Crippen LogP contribution in [0.1, 0.15) is 20.3 Å². The first-order valence-corrected chi connectivity index (χ1v) is 9.55. The fraction of sp³-hybridized carbons (Fsp3) is 0.800. The zero-order chi connectivity index (χ0) is 16.4. The molecule has 0 spiro atoms. The maximum absolute atomic E-state index is 11.8. The van der Waals surface area contributed by atoms with Crippen molar-refractivity contribution < 1.29 is 31.5 Å². The summed E-state index contributed by atoms with van der Waals surface area (Å²) in [6.07, 6.45) is 1.47. The molecule has 2 N–H and O–H groups in total. The zero-order valence-corrected chi connectivity index (χ0v) is 13.3. The van der Waals surface area contributed by atoms with Crippen LogP contribution < -0.4 is 5.32 Å². The van der Waals surface area contributed by atoms with Gasteiger partial charge in [0.15, 0.2) is 9.84 Å². The molecule has 0 aromatic carbocycles. The minimum absolute atomic E-state index is 0.334. The lowest BCUT2D eigenvalue weighted by Crippen LogP contribution is -2.53. The van der Waals surface area contributed by atoms with Crippen molar-refractivity contribution in [3.63, 3.8) is 0 Å². The molecule has 0 aliphatic carbocycles. The summed E-state index contributed by atoms with van der Waals surface area (Å²) in [5, 5.41) is 11.0. The summed E-state index contributed by atoms with van der Waals surface area (Å²) in [4.78, 5) is 22.8. The van der Waals surface area contributed by atoms with E-state index in [4.69, 9.17) is 5.11 Å². The van der Waals surface area contributed by atoms with E-state index in [1.165, 1.54) is 0 Å². The third-order valence-corrected chi connectivity index (χ3v) is 5.87. The van der Waals surface area contributed by atoms with Gasteiger partial charge in [-0.1, -0.05) is 0 Å². The predicted octanol–water partition coefficient (Wildman–Crippen LogP) is -1.19. The van der Waals surface area contributed by atoms with E-state index in [2.05, 4.69) is 5.32 Å². The van der Waals surface area contributed by atoms with Gasteiger partial charge in [-0.15, -0.1) is 0 Å². The van der Waals surface area contributed by atoms with Gasteiger partial charge >= 0.3 is 5.97 Å². The number of amides is 1. The Morgan fingerprint density at radius 2 is 1.60 bits per heavy atom. The van der Waals surface area contributed by atoms with E-state index < -0.39 is 48.1 Å². The summed E-state index contributed by atoms with van der Waals surface area (Å²) in [7, 11) is -7.12. The molecule has 0 aliphatic heterocycles. The van der Waals surface area contributed by atoms with Gasteiger partial charge < -0.3 is 10.4 Å². The van der Waals surface area contributed by atoms with Crippen molar-refractivity contribution in [3.05, 3.63) is 0 Å². The lowest BCUT2D eigenvalue weighted by atomic mass is 10.1. The largest absolute Gasteiger partial charge is 0.480 e. The molecule has 0 heterocycles. The molecule has 8 nitrogen and oxygen atoms in total. The van der Waals surface area contributed by atoms with Crippen LogP contribution in [0.25, 0.3) is 0 Å². The number of carboxylic acid groups (broad SMARTS) is 1. The molecule has 0 radical (unpaired) electrons. The standard InChI is InChI=1S/C10H19NO7S2/c1-10(2,20(4,17)18)9(14)11-7(8(12)13)5-6-19(3,15)16/h7H,5-6H2,1-4H3,(H,11,14)(H,12,13). The van der Waals surface area contributed by atoms with Crippen LogP contribution in [0.5, 0.6) is 0 Å². The summed E-state index contributed by atoms with van der Waals surface area (Å²) in [6.45, 7) is 2.29. The van der Waals surface area contributed by atoms with Gasteiger partial charge in [-0.05, 0) is 20.3 Å². The van der Waals surface area contributed by atoms with Crippen molar-refractivity contribution in [2.45, 2.75) is 31.1 Å². The fourth-order valence-corrected chi connectivity index (χ4v) is 2.15. The number of hydrogen-bond acceptors (Lipinski definition) is 6. The number of carboxylic acids is 1. The molecule has 1 unspecified atom stereocenters. The molecule has 1 amide bonds. The maximum atomic E-state index is 11.8. The smallest absolute Gasteiger partial charge is 0.326 e. The minimum atomic E-state index is -3.74. The normalized spacial score (nSPS) is 14.6. The highest BCUT2D eigenvalue weighted by Gasteiger charge is 2.40. The van der Waals surface area contributed by atoms with Gasteiger partial charge in [-0.2, -0.15) is 0 Å². The monoisotopic (exact) mass is 329 g/mol. The molecule has 0 saturated carbocycles. The summed E-state index contributed by atoms with van der Waals surface area (Å²) in [6, 6.07) is -1.46. The second-order valence-corrected chi connectivity index (χ2v) is 9.89. The van der Waals surface area contributed by atoms with Crippen LogP contribution in [0.3, 0.4) is 0 Å². The predicted molar refractivity (Wildman–Crippen MR) is 72.8 cm³/mol. The first-order valence-electron chi connectivity index (χ1n) is 5.59. The minimum Gasteiger partial charge on any atom is -0.480 e. The van der Waals surface area contributed by atoms with Crippen LogP contribution in [-0.4, -0.2) is 62.9 Å². The van der Waals surface area contributed by atoms with Gasteiger partial charge in [0.05, 0.1) is 5.75 Å². The second-order valence-electron chi connectivity index (χ2n) is 5.07. The lowest BCUT2D eigenvalue weighted by molar-refractivity contribution is -0.142. The number of sulfone groups is 2. The third-order valence-electron chi connectivity index (χ3n) is 2.85. The summed E-state index contributed by atoms with van der Waals surface area (Å²) in [5.41, 5.74) is 0. The Morgan fingerprint density at radius 3 is 1.90 bits per heavy atom. The molecule has 0 bridgehead atoms. The molecule has 118 valence electrons. The molecule has 0 aromatic heterocycles. The molecular formula is C10H19NO7S2. The Hall–Kier alpha value is -1.16. The number of aliphatic carboxylic acids is 1. The average Bonchev–Trinajstić information content (AvgIpc) is 2.20. The van der Waals surface area contributed by atoms with Crippen molar-refractivity contribution in [1.82, 2.24) is 5.32 Å². The Balaban J connectivity index is 5.04. The van der Waals surface area contributed by atoms with E-state index in [9.17, 15) is 26.4 Å². The van der Waals surface area contributed by atoms with Gasteiger partial charge in [0.1, 0.15) is 20.6 Å². The van der Waals surface area contributed by atoms with Gasteiger partial charge in [-0.25, -0.2) is 21.6 Å². The van der Waals surface area contributed by atoms with Crippen molar-refractivity contribution >= 4 is 31.6 Å². The van der Waals surface area contributed by atoms with E-state index in [-0.39, 0.29) is 6.42 Å². The van der Waals surface area contributed by atoms with Crippen LogP contribution in [0.4, 0.5) is 0 Å². The highest BCUT2D eigenvalue weighted by molar-refractivity contribution is 7.92. The highest BCUT2D eigenvalue weighted by Crippen LogP contribution is 2.15. The van der Waals surface area contributed by atoms with Crippen LogP contribution in [0.15, 0.2) is 0 Å². The number of carbonyl (C=O) groups is 2. The maximum Gasteiger partial charge on any atom is 0.326 e. The molecule has 0 fully saturated rings. The van der Waals surface area contributed by atoms with Gasteiger partial charge in [0, 0.05) is 12.5 Å². The SMILES string of the molecule is CC(C)(C(=O)NC(CCS(C)(=O)=O)C(=O)O)S(C)(=O)=O. The number of hydrogen-bond donors (Lipinski definition) is 2. The quantitative estimate of drug-likeness (QED) is 0.600. The van der Waals surface area contributed by atoms with E-state index >= 15 is 0 Å². The van der Waals surface area contributed by atoms with Crippen molar-refractivity contribution in [2.24, 2.45) is 0 Å². The number of rotatable bonds is 7. The van der Waals surface area contributed by atoms with Crippen LogP contribution in [-0.2, 0) is 29.3 Å². The fourth-order valence-electron chi connectivity index (χ4n) is 1.09. The number of nitrogens with one attached hydrogen (secondary N) is 1. The Labute approximate surface area is 118 Å². The molecular weight excluding hydrogens is 310 g/mol. The van der Waals surface area contributed by atoms with Crippen molar-refractivity contribution in [3.8, 4) is 0 Å². The van der Waals surface area contributed by atoms with E-state index in [1.54, 1.807) is 0 Å². The first-order chi connectivity index (χ1) is 8.68. The van der Waals surface area contributed by atoms with Gasteiger partial charge in [0.2, 0.25) is 5.91 Å². The first kappa shape index (κ1) is 18.8. The van der Waals surface area contributed by atoms with Crippen molar-refractivity contribution in [2.75, 3.05) is 18.3 Å². The Kier molecular flexibility index (Phi) is 5.73. The van der Waals surface area contributed by atoms with Crippen LogP contribution in [0.2, 0.25) is 0 Å². The molecule has 0 aliphatic rings. The van der Waals surface area contributed by atoms with Crippen LogP contribution >= 0.6 is 0 Å². The third kappa shape index (κ3) is 5.45. The van der Waals surface area contributed by atoms with Gasteiger partial charge in [-0.3, -0.25) is 4.79 Å². The zero-order valence-electron chi connectivity index (χ0n) is 11.7. The molecule has 0 aromatic rings. The van der Waals surface area contributed by atoms with Gasteiger partial charge in [0.25, 0.3) is 0 Å². The summed E-state index contributed by atoms with van der Waals surface area (Å²) >= 11 is 0. The summed E-state index contributed by atoms with van der Waals surface area (Å²) in [5.74, 6) is -2.84. The van der Waals surface area contributed by atoms with Crippen molar-refractivity contribution in [1.29, 1.82) is 0 Å². The molecule has 20 heavy (non-hydrogen) atoms. The topological polar surface area (TPSA) is 135 Å². The molecule has 1 atom stereocenters. The second kappa shape index (κ2) is 6.08. The Morgan fingerprint density at radius 1 is 1.15 bits per heavy atom. The van der Waals surface area contributed by atoms with Crippen LogP contribution in [0, 0.1) is 0 Å². The highest BCUT2D eigenvalue weighted by atomic mass is 32.2. The van der Waals surface area contributed by atoms with E-state index in [0.717, 1.165) is 26.4 Å².